The molecule has 1 aliphatic heterocycles. The molecule has 8 heteroatoms. The first-order valence-electron chi connectivity index (χ1n) is 11.9. The average molecular weight is 480 g/mol. The summed E-state index contributed by atoms with van der Waals surface area (Å²) in [5.41, 5.74) is 3.94. The summed E-state index contributed by atoms with van der Waals surface area (Å²) in [6, 6.07) is 14.3. The zero-order valence-electron chi connectivity index (χ0n) is 20.0. The molecule has 7 nitrogen and oxygen atoms in total. The number of amides is 1. The van der Waals surface area contributed by atoms with Crippen molar-refractivity contribution < 1.29 is 9.32 Å². The number of hydrogen-bond acceptors (Lipinski definition) is 7. The van der Waals surface area contributed by atoms with Gasteiger partial charge in [-0.1, -0.05) is 35.5 Å². The van der Waals surface area contributed by atoms with Crippen molar-refractivity contribution in [2.45, 2.75) is 37.6 Å². The van der Waals surface area contributed by atoms with Gasteiger partial charge >= 0.3 is 0 Å². The van der Waals surface area contributed by atoms with Crippen molar-refractivity contribution in [2.75, 3.05) is 39.3 Å². The van der Waals surface area contributed by atoms with Gasteiger partial charge in [0.1, 0.15) is 10.8 Å². The Morgan fingerprint density at radius 1 is 1.06 bits per heavy atom. The summed E-state index contributed by atoms with van der Waals surface area (Å²) in [6.07, 6.45) is 2.66. The van der Waals surface area contributed by atoms with Crippen LogP contribution in [0.15, 0.2) is 58.2 Å². The molecule has 34 heavy (non-hydrogen) atoms. The van der Waals surface area contributed by atoms with Crippen LogP contribution in [0, 0.1) is 13.8 Å². The first kappa shape index (κ1) is 24.4. The number of benzene rings is 1. The van der Waals surface area contributed by atoms with Gasteiger partial charge in [0.15, 0.2) is 0 Å². The molecule has 0 radical (unpaired) electrons. The molecule has 180 valence electrons. The summed E-state index contributed by atoms with van der Waals surface area (Å²) in [5, 5.41) is 7.81. The normalized spacial score (nSPS) is 14.9. The lowest BCUT2D eigenvalue weighted by molar-refractivity contribution is 0.0943. The number of nitrogens with one attached hydrogen (secondary N) is 1. The Morgan fingerprint density at radius 2 is 1.82 bits per heavy atom. The monoisotopic (exact) mass is 479 g/mol. The van der Waals surface area contributed by atoms with E-state index in [1.807, 2.05) is 26.0 Å². The van der Waals surface area contributed by atoms with Crippen molar-refractivity contribution in [3.63, 3.8) is 0 Å². The van der Waals surface area contributed by atoms with Crippen molar-refractivity contribution in [1.29, 1.82) is 0 Å². The third-order valence-corrected chi connectivity index (χ3v) is 7.23. The average Bonchev–Trinajstić information content (AvgIpc) is 3.19. The summed E-state index contributed by atoms with van der Waals surface area (Å²) in [4.78, 5) is 22.2. The minimum atomic E-state index is -0.0676. The first-order chi connectivity index (χ1) is 16.6. The highest BCUT2D eigenvalue weighted by Crippen LogP contribution is 2.27. The maximum Gasteiger partial charge on any atom is 0.254 e. The lowest BCUT2D eigenvalue weighted by atomic mass is 10.2. The van der Waals surface area contributed by atoms with Crippen molar-refractivity contribution in [1.82, 2.24) is 25.3 Å². The summed E-state index contributed by atoms with van der Waals surface area (Å²) >= 11 is 1.54. The topological polar surface area (TPSA) is 74.5 Å². The second-order valence-corrected chi connectivity index (χ2v) is 9.62. The third kappa shape index (κ3) is 6.68. The lowest BCUT2D eigenvalue weighted by Crippen LogP contribution is -2.46. The first-order valence-corrected chi connectivity index (χ1v) is 12.8. The molecule has 1 aliphatic rings. The lowest BCUT2D eigenvalue weighted by Gasteiger charge is -2.34. The Bertz CT molecular complexity index is 1040. The molecule has 0 unspecified atom stereocenters. The van der Waals surface area contributed by atoms with E-state index in [0.717, 1.165) is 67.7 Å². The van der Waals surface area contributed by atoms with Gasteiger partial charge in [0.2, 0.25) is 0 Å². The Labute approximate surface area is 205 Å². The van der Waals surface area contributed by atoms with Crippen LogP contribution in [-0.4, -0.2) is 65.1 Å². The van der Waals surface area contributed by atoms with E-state index in [4.69, 9.17) is 4.52 Å². The number of hydrogen-bond donors (Lipinski definition) is 1. The molecule has 1 amide bonds. The fraction of sp³-hybridized carbons (Fsp3) is 0.423. The summed E-state index contributed by atoms with van der Waals surface area (Å²) in [5.74, 6) is 1.42. The van der Waals surface area contributed by atoms with E-state index < -0.39 is 0 Å². The standard InChI is InChI=1S/C26H33N5O2S/c1-20-24(21(2)33-29-20)19-34-26-23(10-6-11-28-26)25(32)27-12-7-13-30-14-16-31(17-15-30)18-22-8-4-3-5-9-22/h3-6,8-11H,7,12-19H2,1-2H3,(H,27,32). The van der Waals surface area contributed by atoms with Crippen molar-refractivity contribution in [3.8, 4) is 0 Å². The van der Waals surface area contributed by atoms with Gasteiger partial charge in [-0.2, -0.15) is 0 Å². The molecule has 0 atom stereocenters. The summed E-state index contributed by atoms with van der Waals surface area (Å²) in [7, 11) is 0. The molecule has 2 aromatic heterocycles. The zero-order valence-corrected chi connectivity index (χ0v) is 20.8. The maximum atomic E-state index is 12.8. The molecule has 1 fully saturated rings. The molecule has 4 rings (SSSR count). The largest absolute Gasteiger partial charge is 0.361 e. The van der Waals surface area contributed by atoms with Gasteiger partial charge in [0.05, 0.1) is 11.3 Å². The summed E-state index contributed by atoms with van der Waals surface area (Å²) in [6.45, 7) is 10.8. The van der Waals surface area contributed by atoms with Crippen molar-refractivity contribution in [3.05, 3.63) is 76.8 Å². The quantitative estimate of drug-likeness (QED) is 0.349. The molecule has 0 bridgehead atoms. The number of carbonyl (C=O) groups is 1. The van der Waals surface area contributed by atoms with E-state index in [2.05, 4.69) is 55.6 Å². The van der Waals surface area contributed by atoms with E-state index in [9.17, 15) is 4.79 Å². The van der Waals surface area contributed by atoms with E-state index >= 15 is 0 Å². The number of nitrogens with zero attached hydrogens (tertiary/aromatic N) is 4. The predicted molar refractivity (Wildman–Crippen MR) is 135 cm³/mol. The highest BCUT2D eigenvalue weighted by Gasteiger charge is 2.18. The molecular formula is C26H33N5O2S. The van der Waals surface area contributed by atoms with Crippen LogP contribution in [0.5, 0.6) is 0 Å². The number of pyridine rings is 1. The SMILES string of the molecule is Cc1noc(C)c1CSc1ncccc1C(=O)NCCCN1CCN(Cc2ccccc2)CC1. The van der Waals surface area contributed by atoms with Gasteiger partial charge in [0.25, 0.3) is 5.91 Å². The number of piperazine rings is 1. The molecule has 0 aliphatic carbocycles. The van der Waals surface area contributed by atoms with Gasteiger partial charge < -0.3 is 14.7 Å². The highest BCUT2D eigenvalue weighted by molar-refractivity contribution is 7.98. The molecule has 0 saturated carbocycles. The molecule has 3 aromatic rings. The van der Waals surface area contributed by atoms with Crippen LogP contribution in [0.4, 0.5) is 0 Å². The van der Waals surface area contributed by atoms with Gasteiger partial charge in [-0.15, -0.1) is 11.8 Å². The fourth-order valence-electron chi connectivity index (χ4n) is 4.14. The Morgan fingerprint density at radius 3 is 2.56 bits per heavy atom. The van der Waals surface area contributed by atoms with Gasteiger partial charge in [-0.25, -0.2) is 4.98 Å². The van der Waals surface area contributed by atoms with Crippen molar-refractivity contribution >= 4 is 17.7 Å². The van der Waals surface area contributed by atoms with Crippen LogP contribution in [-0.2, 0) is 12.3 Å². The van der Waals surface area contributed by atoms with E-state index in [-0.39, 0.29) is 5.91 Å². The molecule has 3 heterocycles. The molecule has 0 spiro atoms. The summed E-state index contributed by atoms with van der Waals surface area (Å²) < 4.78 is 5.24. The number of rotatable bonds is 10. The molecular weight excluding hydrogens is 446 g/mol. The zero-order chi connectivity index (χ0) is 23.8. The van der Waals surface area contributed by atoms with Crippen molar-refractivity contribution in [2.24, 2.45) is 0 Å². The second-order valence-electron chi connectivity index (χ2n) is 8.66. The number of carbonyl (C=O) groups excluding carboxylic acids is 1. The number of thioether (sulfide) groups is 1. The Kier molecular flexibility index (Phi) is 8.73. The van der Waals surface area contributed by atoms with Crippen LogP contribution in [0.1, 0.15) is 39.4 Å². The van der Waals surface area contributed by atoms with Crippen LogP contribution in [0.3, 0.4) is 0 Å². The van der Waals surface area contributed by atoms with Crippen LogP contribution < -0.4 is 5.32 Å². The maximum absolute atomic E-state index is 12.8. The van der Waals surface area contributed by atoms with E-state index in [1.165, 1.54) is 17.3 Å². The predicted octanol–water partition coefficient (Wildman–Crippen LogP) is 3.92. The molecule has 1 saturated heterocycles. The number of aromatic nitrogens is 2. The van der Waals surface area contributed by atoms with E-state index in [0.29, 0.717) is 17.9 Å². The minimum Gasteiger partial charge on any atom is -0.361 e. The van der Waals surface area contributed by atoms with Gasteiger partial charge in [-0.05, 0) is 44.5 Å². The third-order valence-electron chi connectivity index (χ3n) is 6.20. The Hall–Kier alpha value is -2.68. The van der Waals surface area contributed by atoms with Crippen LogP contribution >= 0.6 is 11.8 Å². The minimum absolute atomic E-state index is 0.0676. The highest BCUT2D eigenvalue weighted by atomic mass is 32.2. The molecule has 1 N–H and O–H groups in total. The second kappa shape index (κ2) is 12.1. The molecule has 1 aromatic carbocycles. The number of aryl methyl sites for hydroxylation is 2. The van der Waals surface area contributed by atoms with Crippen LogP contribution in [0.25, 0.3) is 0 Å². The van der Waals surface area contributed by atoms with Crippen LogP contribution in [0.2, 0.25) is 0 Å². The fourth-order valence-corrected chi connectivity index (χ4v) is 5.28. The van der Waals surface area contributed by atoms with Gasteiger partial charge in [0, 0.05) is 56.8 Å². The smallest absolute Gasteiger partial charge is 0.254 e. The Balaban J connectivity index is 1.18. The van der Waals surface area contributed by atoms with Gasteiger partial charge in [-0.3, -0.25) is 9.69 Å². The van der Waals surface area contributed by atoms with E-state index in [1.54, 1.807) is 6.20 Å².